The Morgan fingerprint density at radius 1 is 0.588 bits per heavy atom. The summed E-state index contributed by atoms with van der Waals surface area (Å²) in [4.78, 5) is 53.3. The van der Waals surface area contributed by atoms with Crippen LogP contribution in [0.5, 0.6) is 17.2 Å². The highest BCUT2D eigenvalue weighted by molar-refractivity contribution is 5.90. The van der Waals surface area contributed by atoms with E-state index in [1.807, 2.05) is 0 Å². The summed E-state index contributed by atoms with van der Waals surface area (Å²) >= 11 is 0. The summed E-state index contributed by atoms with van der Waals surface area (Å²) in [5.74, 6) is -7.61. The maximum Gasteiger partial charge on any atom is 0.338 e. The van der Waals surface area contributed by atoms with Gasteiger partial charge in [0.2, 0.25) is 5.79 Å². The molecule has 12 N–H and O–H groups in total. The minimum atomic E-state index is -2.89. The van der Waals surface area contributed by atoms with Gasteiger partial charge in [-0.1, -0.05) is 36.4 Å². The van der Waals surface area contributed by atoms with Gasteiger partial charge in [0.25, 0.3) is 0 Å². The molecule has 0 aliphatic carbocycles. The first-order valence-corrected chi connectivity index (χ1v) is 24.7. The van der Waals surface area contributed by atoms with Crippen molar-refractivity contribution in [3.8, 4) is 17.2 Å². The van der Waals surface area contributed by atoms with Crippen LogP contribution < -0.4 is 4.74 Å². The Hall–Kier alpha value is -6.26. The Morgan fingerprint density at radius 3 is 1.79 bits per heavy atom. The SMILES string of the molecule is COc1cc(C=CC(=O)OC2C(CO)OC(OC3(COC(=O)C=Cc4ccc(O)cc4)OC(CO)C(O)C3OC(=O)c3ccccc3)C(OC3OC(CO)C(O)C(O)C3O)C2OC2OC(COC(C)=O)C(O)C(O)C2O)ccc1O. The predicted octanol–water partition coefficient (Wildman–Crippen LogP) is -3.36. The van der Waals surface area contributed by atoms with E-state index in [1.54, 1.807) is 6.07 Å². The summed E-state index contributed by atoms with van der Waals surface area (Å²) in [6, 6.07) is 16.7. The van der Waals surface area contributed by atoms with Gasteiger partial charge in [-0.3, -0.25) is 4.79 Å². The number of carbonyl (C=O) groups excluding carboxylic acids is 4. The third-order valence-corrected chi connectivity index (χ3v) is 13.1. The summed E-state index contributed by atoms with van der Waals surface area (Å²) in [7, 11) is 1.27. The molecule has 4 aliphatic rings. The zero-order chi connectivity index (χ0) is 58.0. The van der Waals surface area contributed by atoms with Crippen LogP contribution in [-0.4, -0.2) is 242 Å². The first kappa shape index (κ1) is 61.4. The van der Waals surface area contributed by atoms with Crippen LogP contribution in [0.15, 0.2) is 84.9 Å². The lowest BCUT2D eigenvalue weighted by Crippen LogP contribution is -2.69. The molecule has 0 aromatic heterocycles. The van der Waals surface area contributed by atoms with Crippen LogP contribution in [0.25, 0.3) is 12.2 Å². The molecule has 3 aromatic carbocycles. The fourth-order valence-electron chi connectivity index (χ4n) is 8.87. The van der Waals surface area contributed by atoms with E-state index in [9.17, 15) is 80.5 Å². The quantitative estimate of drug-likeness (QED) is 0.0281. The summed E-state index contributed by atoms with van der Waals surface area (Å²) in [5, 5.41) is 130. The molecule has 4 aliphatic heterocycles. The molecule has 0 spiro atoms. The highest BCUT2D eigenvalue weighted by atomic mass is 16.8. The van der Waals surface area contributed by atoms with Gasteiger partial charge >= 0.3 is 23.9 Å². The molecule has 0 bridgehead atoms. The minimum absolute atomic E-state index is 0.0128. The minimum Gasteiger partial charge on any atom is -0.508 e. The summed E-state index contributed by atoms with van der Waals surface area (Å²) in [6.45, 7) is -4.16. The normalized spacial score (nSPS) is 34.5. The van der Waals surface area contributed by atoms with Crippen LogP contribution in [0.2, 0.25) is 0 Å². The van der Waals surface area contributed by atoms with E-state index in [4.69, 9.17) is 56.8 Å². The molecule has 19 unspecified atom stereocenters. The summed E-state index contributed by atoms with van der Waals surface area (Å²) < 4.78 is 70.4. The number of hydrogen-bond acceptors (Lipinski definition) is 28. The van der Waals surface area contributed by atoms with Gasteiger partial charge in [0, 0.05) is 19.1 Å². The highest BCUT2D eigenvalue weighted by Gasteiger charge is 2.64. The highest BCUT2D eigenvalue weighted by Crippen LogP contribution is 2.42. The molecule has 7 rings (SSSR count). The van der Waals surface area contributed by atoms with Crippen LogP contribution >= 0.6 is 0 Å². The fraction of sp³-hybridized carbons (Fsp3) is 0.500. The lowest BCUT2D eigenvalue weighted by atomic mass is 9.95. The van der Waals surface area contributed by atoms with E-state index < -0.39 is 173 Å². The lowest BCUT2D eigenvalue weighted by Gasteiger charge is -2.50. The maximum absolute atomic E-state index is 14.0. The molecule has 4 heterocycles. The van der Waals surface area contributed by atoms with Crippen molar-refractivity contribution in [3.63, 3.8) is 0 Å². The van der Waals surface area contributed by atoms with Crippen LogP contribution in [-0.2, 0) is 66.5 Å². The fourth-order valence-corrected chi connectivity index (χ4v) is 8.87. The van der Waals surface area contributed by atoms with E-state index >= 15 is 0 Å². The van der Waals surface area contributed by atoms with Crippen molar-refractivity contribution in [1.82, 2.24) is 0 Å². The van der Waals surface area contributed by atoms with Gasteiger partial charge < -0.3 is 118 Å². The molecule has 28 nitrogen and oxygen atoms in total. The lowest BCUT2D eigenvalue weighted by molar-refractivity contribution is -0.421. The van der Waals surface area contributed by atoms with Gasteiger partial charge in [0.1, 0.15) is 98.3 Å². The van der Waals surface area contributed by atoms with Gasteiger partial charge in [-0.05, 0) is 59.7 Å². The van der Waals surface area contributed by atoms with Crippen molar-refractivity contribution in [2.75, 3.05) is 40.1 Å². The van der Waals surface area contributed by atoms with Gasteiger partial charge in [0.15, 0.2) is 42.6 Å². The van der Waals surface area contributed by atoms with Crippen molar-refractivity contribution in [2.24, 2.45) is 0 Å². The number of benzene rings is 3. The molecule has 4 fully saturated rings. The van der Waals surface area contributed by atoms with Crippen molar-refractivity contribution in [2.45, 2.75) is 123 Å². The molecule has 0 radical (unpaired) electrons. The van der Waals surface area contributed by atoms with Crippen LogP contribution in [0, 0.1) is 0 Å². The largest absolute Gasteiger partial charge is 0.508 e. The van der Waals surface area contributed by atoms with Gasteiger partial charge in [-0.2, -0.15) is 0 Å². The van der Waals surface area contributed by atoms with E-state index in [2.05, 4.69) is 0 Å². The first-order valence-electron chi connectivity index (χ1n) is 24.7. The van der Waals surface area contributed by atoms with Gasteiger partial charge in [0.05, 0.1) is 32.5 Å². The molecule has 80 heavy (non-hydrogen) atoms. The Labute approximate surface area is 454 Å². The number of aromatic hydroxyl groups is 2. The predicted molar refractivity (Wildman–Crippen MR) is 262 cm³/mol. The van der Waals surface area contributed by atoms with Crippen molar-refractivity contribution in [1.29, 1.82) is 0 Å². The van der Waals surface area contributed by atoms with Crippen molar-refractivity contribution in [3.05, 3.63) is 102 Å². The molecule has 0 saturated carbocycles. The van der Waals surface area contributed by atoms with Crippen LogP contribution in [0.1, 0.15) is 28.4 Å². The summed E-state index contributed by atoms with van der Waals surface area (Å²) in [6.07, 6.45) is -33.2. The van der Waals surface area contributed by atoms with Gasteiger partial charge in [-0.25, -0.2) is 14.4 Å². The van der Waals surface area contributed by atoms with Gasteiger partial charge in [-0.15, -0.1) is 0 Å². The molecular weight excluding hydrogens is 1070 g/mol. The topological polar surface area (TPSA) is 422 Å². The van der Waals surface area contributed by atoms with E-state index in [-0.39, 0.29) is 28.4 Å². The molecule has 28 heteroatoms. The maximum atomic E-state index is 14.0. The van der Waals surface area contributed by atoms with Crippen LogP contribution in [0.4, 0.5) is 0 Å². The van der Waals surface area contributed by atoms with Crippen molar-refractivity contribution < 1.29 is 137 Å². The third kappa shape index (κ3) is 14.4. The number of carbonyl (C=O) groups is 4. The Bertz CT molecular complexity index is 2600. The zero-order valence-corrected chi connectivity index (χ0v) is 42.6. The Balaban J connectivity index is 1.36. The smallest absolute Gasteiger partial charge is 0.338 e. The molecule has 3 aromatic rings. The second-order valence-electron chi connectivity index (χ2n) is 18.6. The molecular formula is C52H62O28. The Kier molecular flexibility index (Phi) is 21.1. The number of phenolic OH excluding ortho intramolecular Hbond substituents is 2. The molecule has 19 atom stereocenters. The number of methoxy groups -OCH3 is 1. The number of rotatable bonds is 21. The first-order chi connectivity index (χ1) is 38.2. The monoisotopic (exact) mass is 1130 g/mol. The number of hydrogen-bond donors (Lipinski definition) is 12. The second kappa shape index (κ2) is 27.5. The molecule has 4 saturated heterocycles. The average molecular weight is 1140 g/mol. The number of phenols is 2. The molecule has 0 amide bonds. The molecule has 438 valence electrons. The zero-order valence-electron chi connectivity index (χ0n) is 42.6. The van der Waals surface area contributed by atoms with E-state index in [0.717, 1.165) is 19.1 Å². The van der Waals surface area contributed by atoms with Crippen molar-refractivity contribution >= 4 is 36.0 Å². The van der Waals surface area contributed by atoms with E-state index in [0.29, 0.717) is 5.56 Å². The number of esters is 4. The summed E-state index contributed by atoms with van der Waals surface area (Å²) in [5.41, 5.74) is 0.570. The second-order valence-corrected chi connectivity index (χ2v) is 18.6. The number of aliphatic hydroxyl groups is 10. The number of ether oxygens (including phenoxy) is 12. The standard InChI is InChI=1S/C52H62O28/c1-24(56)70-22-34-38(62)41(65)43(67)50(74-34)76-45-44(75-36(60)17-12-26-10-15-29(58)30(18-26)69-2)33(21-55)73-51(46(45)77-49-42(66)40(64)37(61)31(19-53)72-49)80-52(23-71-35(59)16-11-25-8-13-28(57)14-9-25)47(39(63)32(20-54)79-52)78-48(68)27-6-4-3-5-7-27/h3-18,31-34,37-47,49-51,53-55,57-58,61-67H,19-23H2,1-2H3. The van der Waals surface area contributed by atoms with E-state index in [1.165, 1.54) is 86.0 Å². The average Bonchev–Trinajstić information content (AvgIpc) is 3.93. The third-order valence-electron chi connectivity index (χ3n) is 13.1. The number of aliphatic hydroxyl groups excluding tert-OH is 10. The Morgan fingerprint density at radius 2 is 1.16 bits per heavy atom. The van der Waals surface area contributed by atoms with Crippen LogP contribution in [0.3, 0.4) is 0 Å².